The number of hydrogen-bond donors (Lipinski definition) is 1. The molecule has 0 radical (unpaired) electrons. The number of nitrogens with one attached hydrogen (secondary N) is 1. The van der Waals surface area contributed by atoms with Crippen LogP contribution >= 0.6 is 0 Å². The van der Waals surface area contributed by atoms with Gasteiger partial charge in [-0.05, 0) is 13.3 Å². The highest BCUT2D eigenvalue weighted by atomic mass is 14.9. The third-order valence-corrected chi connectivity index (χ3v) is 1.88. The second kappa shape index (κ2) is 4.83. The van der Waals surface area contributed by atoms with E-state index in [1.54, 1.807) is 6.33 Å². The van der Waals surface area contributed by atoms with Crippen LogP contribution in [0.15, 0.2) is 18.7 Å². The molecule has 0 aliphatic rings. The van der Waals surface area contributed by atoms with Gasteiger partial charge in [0.2, 0.25) is 0 Å². The van der Waals surface area contributed by atoms with Gasteiger partial charge >= 0.3 is 0 Å². The molecule has 0 aromatic carbocycles. The molecule has 1 heterocycles. The van der Waals surface area contributed by atoms with Crippen LogP contribution in [-0.2, 0) is 6.54 Å². The minimum absolute atomic E-state index is 0.560. The maximum atomic E-state index is 3.94. The summed E-state index contributed by atoms with van der Waals surface area (Å²) in [5.74, 6) is 0. The van der Waals surface area contributed by atoms with Crippen molar-refractivity contribution in [3.05, 3.63) is 24.3 Å². The van der Waals surface area contributed by atoms with Gasteiger partial charge in [-0.15, -0.1) is 0 Å². The molecule has 1 rings (SSSR count). The Balaban J connectivity index is 2.33. The van der Waals surface area contributed by atoms with Gasteiger partial charge in [0.1, 0.15) is 6.33 Å². The van der Waals surface area contributed by atoms with E-state index in [9.17, 15) is 0 Å². The molecule has 3 heteroatoms. The fourth-order valence-electron chi connectivity index (χ4n) is 0.858. The van der Waals surface area contributed by atoms with Crippen LogP contribution in [0.25, 0.3) is 0 Å². The van der Waals surface area contributed by atoms with Crippen molar-refractivity contribution < 1.29 is 0 Å². The number of nitrogens with zero attached hydrogens (tertiary/aromatic N) is 2. The summed E-state index contributed by atoms with van der Waals surface area (Å²) in [6.45, 7) is 5.19. The molecule has 0 unspecified atom stereocenters. The van der Waals surface area contributed by atoms with Gasteiger partial charge in [0.25, 0.3) is 0 Å². The highest BCUT2D eigenvalue weighted by molar-refractivity contribution is 5.01. The van der Waals surface area contributed by atoms with Gasteiger partial charge in [-0.1, -0.05) is 6.92 Å². The van der Waals surface area contributed by atoms with Gasteiger partial charge < -0.3 is 5.32 Å². The normalized spacial score (nSPS) is 12.8. The van der Waals surface area contributed by atoms with E-state index >= 15 is 0 Å². The Morgan fingerprint density at radius 3 is 2.67 bits per heavy atom. The van der Waals surface area contributed by atoms with E-state index in [-0.39, 0.29) is 0 Å². The van der Waals surface area contributed by atoms with Crippen LogP contribution in [0.1, 0.15) is 25.8 Å². The first kappa shape index (κ1) is 9.13. The van der Waals surface area contributed by atoms with Crippen molar-refractivity contribution in [2.45, 2.75) is 32.9 Å². The van der Waals surface area contributed by atoms with E-state index in [1.165, 1.54) is 0 Å². The molecule has 1 aromatic heterocycles. The Bertz CT molecular complexity index is 210. The summed E-state index contributed by atoms with van der Waals surface area (Å²) in [6, 6.07) is 0.560. The van der Waals surface area contributed by atoms with Gasteiger partial charge in [-0.2, -0.15) is 0 Å². The number of rotatable bonds is 4. The van der Waals surface area contributed by atoms with Crippen LogP contribution in [0.4, 0.5) is 0 Å². The van der Waals surface area contributed by atoms with Crippen LogP contribution in [0.3, 0.4) is 0 Å². The number of hydrogen-bond acceptors (Lipinski definition) is 3. The van der Waals surface area contributed by atoms with Crippen molar-refractivity contribution in [2.75, 3.05) is 0 Å². The third-order valence-electron chi connectivity index (χ3n) is 1.88. The van der Waals surface area contributed by atoms with Crippen molar-refractivity contribution in [2.24, 2.45) is 0 Å². The molecule has 0 saturated carbocycles. The van der Waals surface area contributed by atoms with Crippen molar-refractivity contribution in [3.63, 3.8) is 0 Å². The molecule has 0 fully saturated rings. The Labute approximate surface area is 73.2 Å². The SMILES string of the molecule is CC[C@H](C)NCc1cncnc1. The maximum absolute atomic E-state index is 3.94. The molecule has 1 atom stereocenters. The predicted octanol–water partition coefficient (Wildman–Crippen LogP) is 1.36. The molecule has 0 amide bonds. The molecule has 12 heavy (non-hydrogen) atoms. The lowest BCUT2D eigenvalue weighted by molar-refractivity contribution is 0.533. The quantitative estimate of drug-likeness (QED) is 0.732. The fourth-order valence-corrected chi connectivity index (χ4v) is 0.858. The first-order chi connectivity index (χ1) is 5.83. The molecule has 3 nitrogen and oxygen atoms in total. The van der Waals surface area contributed by atoms with Gasteiger partial charge in [0, 0.05) is 30.5 Å². The molecular weight excluding hydrogens is 150 g/mol. The highest BCUT2D eigenvalue weighted by Gasteiger charge is 1.97. The second-order valence-electron chi connectivity index (χ2n) is 2.94. The third kappa shape index (κ3) is 2.96. The molecule has 0 spiro atoms. The maximum Gasteiger partial charge on any atom is 0.115 e. The molecular formula is C9H15N3. The van der Waals surface area contributed by atoms with Crippen LogP contribution in [-0.4, -0.2) is 16.0 Å². The lowest BCUT2D eigenvalue weighted by Crippen LogP contribution is -2.24. The Morgan fingerprint density at radius 1 is 1.42 bits per heavy atom. The molecule has 1 aromatic rings. The molecule has 0 aliphatic carbocycles. The Hall–Kier alpha value is -0.960. The van der Waals surface area contributed by atoms with Gasteiger partial charge in [0.05, 0.1) is 0 Å². The minimum Gasteiger partial charge on any atom is -0.310 e. The van der Waals surface area contributed by atoms with Crippen LogP contribution in [0.5, 0.6) is 0 Å². The average Bonchev–Trinajstić information content (AvgIpc) is 2.16. The van der Waals surface area contributed by atoms with Crippen molar-refractivity contribution in [3.8, 4) is 0 Å². The van der Waals surface area contributed by atoms with Gasteiger partial charge in [-0.25, -0.2) is 9.97 Å². The van der Waals surface area contributed by atoms with E-state index in [4.69, 9.17) is 0 Å². The van der Waals surface area contributed by atoms with Crippen molar-refractivity contribution in [1.29, 1.82) is 0 Å². The topological polar surface area (TPSA) is 37.8 Å². The van der Waals surface area contributed by atoms with E-state index in [1.807, 2.05) is 12.4 Å². The summed E-state index contributed by atoms with van der Waals surface area (Å²) in [4.78, 5) is 7.87. The van der Waals surface area contributed by atoms with Crippen molar-refractivity contribution in [1.82, 2.24) is 15.3 Å². The zero-order valence-electron chi connectivity index (χ0n) is 7.62. The zero-order chi connectivity index (χ0) is 8.81. The van der Waals surface area contributed by atoms with Crippen LogP contribution in [0, 0.1) is 0 Å². The molecule has 1 N–H and O–H groups in total. The summed E-state index contributed by atoms with van der Waals surface area (Å²) in [7, 11) is 0. The molecule has 66 valence electrons. The van der Waals surface area contributed by atoms with E-state index < -0.39 is 0 Å². The zero-order valence-corrected chi connectivity index (χ0v) is 7.62. The molecule has 0 aliphatic heterocycles. The molecule has 0 saturated heterocycles. The van der Waals surface area contributed by atoms with Crippen LogP contribution < -0.4 is 5.32 Å². The number of aromatic nitrogens is 2. The largest absolute Gasteiger partial charge is 0.310 e. The lowest BCUT2D eigenvalue weighted by Gasteiger charge is -2.09. The molecule has 0 bridgehead atoms. The summed E-state index contributed by atoms with van der Waals surface area (Å²) in [6.07, 6.45) is 6.37. The lowest BCUT2D eigenvalue weighted by atomic mass is 10.2. The Kier molecular flexibility index (Phi) is 3.67. The van der Waals surface area contributed by atoms with Gasteiger partial charge in [-0.3, -0.25) is 0 Å². The standard InChI is InChI=1S/C9H15N3/c1-3-8(2)12-6-9-4-10-7-11-5-9/h4-5,7-8,12H,3,6H2,1-2H3/t8-/m0/s1. The van der Waals surface area contributed by atoms with Gasteiger partial charge in [0.15, 0.2) is 0 Å². The summed E-state index contributed by atoms with van der Waals surface area (Å²) in [5, 5.41) is 3.37. The first-order valence-corrected chi connectivity index (χ1v) is 4.30. The second-order valence-corrected chi connectivity index (χ2v) is 2.94. The van der Waals surface area contributed by atoms with E-state index in [0.29, 0.717) is 6.04 Å². The monoisotopic (exact) mass is 165 g/mol. The fraction of sp³-hybridized carbons (Fsp3) is 0.556. The minimum atomic E-state index is 0.560. The smallest absolute Gasteiger partial charge is 0.115 e. The van der Waals surface area contributed by atoms with Crippen molar-refractivity contribution >= 4 is 0 Å². The summed E-state index contributed by atoms with van der Waals surface area (Å²) >= 11 is 0. The summed E-state index contributed by atoms with van der Waals surface area (Å²) in [5.41, 5.74) is 1.14. The van der Waals surface area contributed by atoms with E-state index in [2.05, 4.69) is 29.1 Å². The van der Waals surface area contributed by atoms with E-state index in [0.717, 1.165) is 18.5 Å². The van der Waals surface area contributed by atoms with Crippen LogP contribution in [0.2, 0.25) is 0 Å². The Morgan fingerprint density at radius 2 is 2.08 bits per heavy atom. The first-order valence-electron chi connectivity index (χ1n) is 4.30. The average molecular weight is 165 g/mol. The summed E-state index contributed by atoms with van der Waals surface area (Å²) < 4.78 is 0. The predicted molar refractivity (Wildman–Crippen MR) is 48.6 cm³/mol. The highest BCUT2D eigenvalue weighted by Crippen LogP contribution is 1.94.